The van der Waals surface area contributed by atoms with Crippen molar-refractivity contribution < 1.29 is 8.78 Å². The third kappa shape index (κ3) is 1.77. The number of halogens is 2. The van der Waals surface area contributed by atoms with Gasteiger partial charge in [0.05, 0.1) is 11.3 Å². The zero-order valence-corrected chi connectivity index (χ0v) is 9.74. The summed E-state index contributed by atoms with van der Waals surface area (Å²) in [6, 6.07) is 5.57. The Labute approximate surface area is 101 Å². The summed E-state index contributed by atoms with van der Waals surface area (Å²) >= 11 is 1.00. The number of nitrogens with two attached hydrogens (primary N) is 1. The van der Waals surface area contributed by atoms with Crippen LogP contribution in [0.1, 0.15) is 10.4 Å². The Kier molecular flexibility index (Phi) is 2.82. The number of hydrogen-bond donors (Lipinski definition) is 1. The van der Waals surface area contributed by atoms with Gasteiger partial charge in [-0.05, 0) is 24.6 Å². The smallest absolute Gasteiger partial charge is 0.134 e. The third-order valence-electron chi connectivity index (χ3n) is 2.48. The molecule has 0 radical (unpaired) electrons. The van der Waals surface area contributed by atoms with Crippen molar-refractivity contribution in [1.29, 1.82) is 5.26 Å². The predicted molar refractivity (Wildman–Crippen MR) is 63.5 cm³/mol. The van der Waals surface area contributed by atoms with E-state index in [0.717, 1.165) is 11.3 Å². The van der Waals surface area contributed by atoms with E-state index in [0.29, 0.717) is 10.4 Å². The summed E-state index contributed by atoms with van der Waals surface area (Å²) in [6.07, 6.45) is 0. The van der Waals surface area contributed by atoms with Crippen molar-refractivity contribution in [3.05, 3.63) is 40.3 Å². The number of nitriles is 1. The van der Waals surface area contributed by atoms with Gasteiger partial charge in [-0.1, -0.05) is 6.07 Å². The van der Waals surface area contributed by atoms with E-state index in [9.17, 15) is 8.78 Å². The fourth-order valence-corrected chi connectivity index (χ4v) is 2.64. The summed E-state index contributed by atoms with van der Waals surface area (Å²) < 4.78 is 27.2. The lowest BCUT2D eigenvalue weighted by molar-refractivity contribution is 0.590. The molecule has 1 heterocycles. The minimum atomic E-state index is -0.654. The van der Waals surface area contributed by atoms with Crippen molar-refractivity contribution in [3.8, 4) is 16.5 Å². The van der Waals surface area contributed by atoms with Gasteiger partial charge in [-0.15, -0.1) is 11.3 Å². The van der Waals surface area contributed by atoms with Gasteiger partial charge in [-0.3, -0.25) is 0 Å². The van der Waals surface area contributed by atoms with E-state index in [2.05, 4.69) is 0 Å². The molecule has 2 rings (SSSR count). The average molecular weight is 250 g/mol. The summed E-state index contributed by atoms with van der Waals surface area (Å²) in [5.74, 6) is -1.31. The molecule has 0 bridgehead atoms. The summed E-state index contributed by atoms with van der Waals surface area (Å²) in [5, 5.41) is 8.83. The Balaban J connectivity index is 2.74. The van der Waals surface area contributed by atoms with Gasteiger partial charge in [0.15, 0.2) is 0 Å². The van der Waals surface area contributed by atoms with Crippen LogP contribution in [0, 0.1) is 29.9 Å². The van der Waals surface area contributed by atoms with Crippen LogP contribution in [-0.4, -0.2) is 0 Å². The molecule has 0 aliphatic heterocycles. The second kappa shape index (κ2) is 4.15. The summed E-state index contributed by atoms with van der Waals surface area (Å²) in [7, 11) is 0. The minimum Gasteiger partial charge on any atom is -0.397 e. The van der Waals surface area contributed by atoms with Gasteiger partial charge in [0.25, 0.3) is 0 Å². The maximum Gasteiger partial charge on any atom is 0.134 e. The van der Waals surface area contributed by atoms with Crippen LogP contribution in [0.4, 0.5) is 14.5 Å². The van der Waals surface area contributed by atoms with Gasteiger partial charge in [0.2, 0.25) is 0 Å². The Bertz CT molecular complexity index is 606. The molecule has 0 saturated carbocycles. The van der Waals surface area contributed by atoms with E-state index >= 15 is 0 Å². The van der Waals surface area contributed by atoms with Crippen LogP contribution in [0.5, 0.6) is 0 Å². The number of thiophene rings is 1. The molecule has 0 fully saturated rings. The van der Waals surface area contributed by atoms with Gasteiger partial charge < -0.3 is 5.73 Å². The largest absolute Gasteiger partial charge is 0.397 e. The van der Waals surface area contributed by atoms with Gasteiger partial charge in [0, 0.05) is 4.88 Å². The zero-order valence-electron chi connectivity index (χ0n) is 8.92. The molecule has 86 valence electrons. The standard InChI is InChI=1S/C12H8F2N2S/c1-6-11(16)9(5-15)17-12(6)10-7(13)3-2-4-8(10)14/h2-4H,16H2,1H3. The first kappa shape index (κ1) is 11.6. The topological polar surface area (TPSA) is 49.8 Å². The molecule has 0 aliphatic carbocycles. The predicted octanol–water partition coefficient (Wildman–Crippen LogP) is 3.46. The molecule has 0 unspecified atom stereocenters. The second-order valence-electron chi connectivity index (χ2n) is 3.51. The molecular formula is C12H8F2N2S. The van der Waals surface area contributed by atoms with E-state index in [1.807, 2.05) is 6.07 Å². The number of benzene rings is 1. The quantitative estimate of drug-likeness (QED) is 0.842. The first-order valence-corrected chi connectivity index (χ1v) is 5.61. The average Bonchev–Trinajstić information content (AvgIpc) is 2.57. The molecule has 0 amide bonds. The Morgan fingerprint density at radius 2 is 1.88 bits per heavy atom. The van der Waals surface area contributed by atoms with Crippen molar-refractivity contribution in [3.63, 3.8) is 0 Å². The number of nitrogen functional groups attached to an aromatic ring is 1. The van der Waals surface area contributed by atoms with E-state index < -0.39 is 11.6 Å². The van der Waals surface area contributed by atoms with Gasteiger partial charge in [0.1, 0.15) is 22.6 Å². The summed E-state index contributed by atoms with van der Waals surface area (Å²) in [6.45, 7) is 1.65. The zero-order chi connectivity index (χ0) is 12.6. The van der Waals surface area contributed by atoms with Gasteiger partial charge in [-0.2, -0.15) is 5.26 Å². The van der Waals surface area contributed by atoms with Crippen molar-refractivity contribution in [2.24, 2.45) is 0 Å². The number of hydrogen-bond acceptors (Lipinski definition) is 3. The Morgan fingerprint density at radius 3 is 2.35 bits per heavy atom. The van der Waals surface area contributed by atoms with Crippen LogP contribution < -0.4 is 5.73 Å². The maximum absolute atomic E-state index is 13.6. The van der Waals surface area contributed by atoms with Crippen molar-refractivity contribution in [2.75, 3.05) is 5.73 Å². The monoisotopic (exact) mass is 250 g/mol. The first-order chi connectivity index (χ1) is 8.06. The lowest BCUT2D eigenvalue weighted by atomic mass is 10.1. The number of anilines is 1. The molecular weight excluding hydrogens is 242 g/mol. The molecule has 17 heavy (non-hydrogen) atoms. The van der Waals surface area contributed by atoms with Crippen LogP contribution in [0.25, 0.3) is 10.4 Å². The summed E-state index contributed by atoms with van der Waals surface area (Å²) in [4.78, 5) is 0.648. The molecule has 2 N–H and O–H groups in total. The van der Waals surface area contributed by atoms with E-state index in [4.69, 9.17) is 11.0 Å². The van der Waals surface area contributed by atoms with Crippen LogP contribution >= 0.6 is 11.3 Å². The third-order valence-corrected chi connectivity index (χ3v) is 3.71. The summed E-state index contributed by atoms with van der Waals surface area (Å²) in [5.41, 5.74) is 6.40. The van der Waals surface area contributed by atoms with E-state index in [1.165, 1.54) is 18.2 Å². The van der Waals surface area contributed by atoms with Crippen LogP contribution in [0.3, 0.4) is 0 Å². The lowest BCUT2D eigenvalue weighted by Gasteiger charge is -2.03. The minimum absolute atomic E-state index is 0.122. The highest BCUT2D eigenvalue weighted by Gasteiger charge is 2.19. The van der Waals surface area contributed by atoms with Crippen molar-refractivity contribution in [1.82, 2.24) is 0 Å². The molecule has 1 aromatic carbocycles. The second-order valence-corrected chi connectivity index (χ2v) is 4.53. The number of rotatable bonds is 1. The van der Waals surface area contributed by atoms with Gasteiger partial charge in [-0.25, -0.2) is 8.78 Å². The highest BCUT2D eigenvalue weighted by Crippen LogP contribution is 2.39. The molecule has 0 atom stereocenters. The van der Waals surface area contributed by atoms with E-state index in [-0.39, 0.29) is 16.1 Å². The Morgan fingerprint density at radius 1 is 1.29 bits per heavy atom. The SMILES string of the molecule is Cc1c(-c2c(F)cccc2F)sc(C#N)c1N. The normalized spacial score (nSPS) is 10.2. The molecule has 0 spiro atoms. The highest BCUT2D eigenvalue weighted by atomic mass is 32.1. The molecule has 0 saturated heterocycles. The molecule has 0 aliphatic rings. The lowest BCUT2D eigenvalue weighted by Crippen LogP contribution is -1.91. The highest BCUT2D eigenvalue weighted by molar-refractivity contribution is 7.16. The molecule has 2 aromatic rings. The fourth-order valence-electron chi connectivity index (χ4n) is 1.56. The number of nitrogens with zero attached hydrogens (tertiary/aromatic N) is 1. The van der Waals surface area contributed by atoms with E-state index in [1.54, 1.807) is 6.92 Å². The van der Waals surface area contributed by atoms with Crippen molar-refractivity contribution >= 4 is 17.0 Å². The van der Waals surface area contributed by atoms with Crippen LogP contribution in [0.2, 0.25) is 0 Å². The van der Waals surface area contributed by atoms with Crippen LogP contribution in [-0.2, 0) is 0 Å². The van der Waals surface area contributed by atoms with Crippen molar-refractivity contribution in [2.45, 2.75) is 6.92 Å². The molecule has 1 aromatic heterocycles. The first-order valence-electron chi connectivity index (χ1n) is 4.79. The Hall–Kier alpha value is -1.93. The van der Waals surface area contributed by atoms with Gasteiger partial charge >= 0.3 is 0 Å². The molecule has 2 nitrogen and oxygen atoms in total. The maximum atomic E-state index is 13.6. The molecule has 5 heteroatoms. The fraction of sp³-hybridized carbons (Fsp3) is 0.0833. The van der Waals surface area contributed by atoms with Crippen LogP contribution in [0.15, 0.2) is 18.2 Å².